The Morgan fingerprint density at radius 2 is 2.00 bits per heavy atom. The van der Waals surface area contributed by atoms with Gasteiger partial charge in [0.05, 0.1) is 6.42 Å². The highest BCUT2D eigenvalue weighted by Gasteiger charge is 2.11. The number of aromatic hydroxyl groups is 2. The van der Waals surface area contributed by atoms with Crippen molar-refractivity contribution in [2.24, 2.45) is 0 Å². The number of rotatable bonds is 2. The first-order valence-electron chi connectivity index (χ1n) is 4.95. The third kappa shape index (κ3) is 2.13. The van der Waals surface area contributed by atoms with Gasteiger partial charge in [-0.15, -0.1) is 0 Å². The number of carbonyl (C=O) groups is 1. The minimum absolute atomic E-state index is 0.00159. The molecule has 1 aromatic heterocycles. The number of ketones is 1. The molecule has 0 spiro atoms. The lowest BCUT2D eigenvalue weighted by molar-refractivity contribution is -0.116. The first-order valence-corrected chi connectivity index (χ1v) is 4.95. The summed E-state index contributed by atoms with van der Waals surface area (Å²) in [4.78, 5) is 22.5. The van der Waals surface area contributed by atoms with Gasteiger partial charge in [-0.2, -0.15) is 0 Å². The highest BCUT2D eigenvalue weighted by Crippen LogP contribution is 2.27. The minimum atomic E-state index is -0.726. The summed E-state index contributed by atoms with van der Waals surface area (Å²) >= 11 is 0. The van der Waals surface area contributed by atoms with Gasteiger partial charge in [-0.05, 0) is 24.4 Å². The number of benzene rings is 1. The van der Waals surface area contributed by atoms with Crippen LogP contribution >= 0.6 is 0 Å². The van der Waals surface area contributed by atoms with Gasteiger partial charge in [0.2, 0.25) is 0 Å². The number of hydrogen-bond acceptors (Lipinski definition) is 5. The lowest BCUT2D eigenvalue weighted by Crippen LogP contribution is -2.05. The van der Waals surface area contributed by atoms with Crippen molar-refractivity contribution in [3.8, 4) is 11.5 Å². The molecule has 5 heteroatoms. The smallest absolute Gasteiger partial charge is 0.347 e. The summed E-state index contributed by atoms with van der Waals surface area (Å²) in [5.74, 6) is -0.436. The normalized spacial score (nSPS) is 10.6. The molecule has 2 N–H and O–H groups in total. The van der Waals surface area contributed by atoms with Gasteiger partial charge >= 0.3 is 5.63 Å². The lowest BCUT2D eigenvalue weighted by Gasteiger charge is -2.03. The quantitative estimate of drug-likeness (QED) is 0.818. The Kier molecular flexibility index (Phi) is 2.59. The fourth-order valence-electron chi connectivity index (χ4n) is 1.68. The Bertz CT molecular complexity index is 654. The van der Waals surface area contributed by atoms with E-state index < -0.39 is 5.63 Å². The Labute approximate surface area is 95.9 Å². The zero-order chi connectivity index (χ0) is 12.6. The number of hydrogen-bond donors (Lipinski definition) is 2. The van der Waals surface area contributed by atoms with Crippen molar-refractivity contribution in [2.75, 3.05) is 0 Å². The van der Waals surface area contributed by atoms with Crippen LogP contribution in [0, 0.1) is 0 Å². The molecule has 17 heavy (non-hydrogen) atoms. The number of carbonyl (C=O) groups excluding carboxylic acids is 1. The molecule has 2 aromatic rings. The first-order chi connectivity index (χ1) is 7.97. The van der Waals surface area contributed by atoms with E-state index in [1.165, 1.54) is 19.1 Å². The number of Topliss-reactive ketones (excluding diaryl/α,β-unsaturated/α-hetero) is 1. The summed E-state index contributed by atoms with van der Waals surface area (Å²) in [6, 6.07) is 3.84. The highest BCUT2D eigenvalue weighted by atomic mass is 16.4. The summed E-state index contributed by atoms with van der Waals surface area (Å²) in [6.07, 6.45) is 0.00159. The zero-order valence-corrected chi connectivity index (χ0v) is 9.06. The molecular weight excluding hydrogens is 224 g/mol. The Morgan fingerprint density at radius 1 is 1.29 bits per heavy atom. The van der Waals surface area contributed by atoms with E-state index in [1.807, 2.05) is 0 Å². The minimum Gasteiger partial charge on any atom is -0.508 e. The van der Waals surface area contributed by atoms with E-state index in [0.717, 1.165) is 6.07 Å². The van der Waals surface area contributed by atoms with Crippen molar-refractivity contribution in [2.45, 2.75) is 13.3 Å². The van der Waals surface area contributed by atoms with Crippen LogP contribution in [-0.4, -0.2) is 16.0 Å². The third-order valence-corrected chi connectivity index (χ3v) is 2.30. The summed E-state index contributed by atoms with van der Waals surface area (Å²) < 4.78 is 4.90. The molecule has 0 amide bonds. The predicted molar refractivity (Wildman–Crippen MR) is 60.2 cm³/mol. The largest absolute Gasteiger partial charge is 0.508 e. The molecule has 1 heterocycles. The summed E-state index contributed by atoms with van der Waals surface area (Å²) in [6.45, 7) is 1.38. The second-order valence-corrected chi connectivity index (χ2v) is 3.81. The molecule has 2 rings (SSSR count). The van der Waals surface area contributed by atoms with Crippen LogP contribution in [0.4, 0.5) is 0 Å². The monoisotopic (exact) mass is 234 g/mol. The van der Waals surface area contributed by atoms with Crippen LogP contribution in [0.2, 0.25) is 0 Å². The van der Waals surface area contributed by atoms with Crippen molar-refractivity contribution in [1.82, 2.24) is 0 Å². The fraction of sp³-hybridized carbons (Fsp3) is 0.167. The van der Waals surface area contributed by atoms with Crippen molar-refractivity contribution in [1.29, 1.82) is 0 Å². The molecular formula is C12H10O5. The van der Waals surface area contributed by atoms with E-state index in [-0.39, 0.29) is 34.8 Å². The van der Waals surface area contributed by atoms with E-state index in [1.54, 1.807) is 0 Å². The van der Waals surface area contributed by atoms with Gasteiger partial charge in [-0.3, -0.25) is 4.79 Å². The second-order valence-electron chi connectivity index (χ2n) is 3.81. The Balaban J connectivity index is 2.73. The Hall–Kier alpha value is -2.30. The van der Waals surface area contributed by atoms with E-state index in [9.17, 15) is 19.8 Å². The zero-order valence-electron chi connectivity index (χ0n) is 9.06. The molecule has 0 saturated heterocycles. The van der Waals surface area contributed by atoms with E-state index in [2.05, 4.69) is 0 Å². The van der Waals surface area contributed by atoms with Crippen LogP contribution in [-0.2, 0) is 11.2 Å². The van der Waals surface area contributed by atoms with Crippen LogP contribution in [0.1, 0.15) is 12.7 Å². The van der Waals surface area contributed by atoms with Gasteiger partial charge in [0.25, 0.3) is 0 Å². The van der Waals surface area contributed by atoms with Crippen LogP contribution in [0.3, 0.4) is 0 Å². The lowest BCUT2D eigenvalue weighted by atomic mass is 10.1. The van der Waals surface area contributed by atoms with Crippen molar-refractivity contribution in [3.05, 3.63) is 34.4 Å². The summed E-state index contributed by atoms with van der Waals surface area (Å²) in [7, 11) is 0. The van der Waals surface area contributed by atoms with Crippen LogP contribution in [0.5, 0.6) is 11.5 Å². The first kappa shape index (κ1) is 11.2. The third-order valence-electron chi connectivity index (χ3n) is 2.30. The highest BCUT2D eigenvalue weighted by molar-refractivity contribution is 5.89. The molecule has 0 aliphatic carbocycles. The maximum atomic E-state index is 11.6. The molecule has 0 radical (unpaired) electrons. The molecule has 1 aromatic carbocycles. The van der Waals surface area contributed by atoms with Crippen molar-refractivity contribution in [3.63, 3.8) is 0 Å². The standard InChI is InChI=1S/C12H10O5/c1-6(13)2-9-4-7-3-8(14)5-10(15)11(7)12(16)17-9/h3-5,14-15H,2H2,1H3. The topological polar surface area (TPSA) is 87.7 Å². The van der Waals surface area contributed by atoms with Crippen LogP contribution < -0.4 is 5.63 Å². The molecule has 0 aliphatic heterocycles. The summed E-state index contributed by atoms with van der Waals surface area (Å²) in [5, 5.41) is 19.2. The maximum absolute atomic E-state index is 11.6. The molecule has 0 bridgehead atoms. The van der Waals surface area contributed by atoms with Gasteiger partial charge in [0, 0.05) is 6.07 Å². The van der Waals surface area contributed by atoms with Crippen LogP contribution in [0.25, 0.3) is 10.8 Å². The van der Waals surface area contributed by atoms with Gasteiger partial charge in [-0.1, -0.05) is 0 Å². The summed E-state index contributed by atoms with van der Waals surface area (Å²) in [5.41, 5.74) is -0.726. The average molecular weight is 234 g/mol. The van der Waals surface area contributed by atoms with Crippen molar-refractivity contribution < 1.29 is 19.4 Å². The van der Waals surface area contributed by atoms with Gasteiger partial charge in [-0.25, -0.2) is 4.79 Å². The number of fused-ring (bicyclic) bond motifs is 1. The molecule has 88 valence electrons. The molecule has 0 saturated carbocycles. The van der Waals surface area contributed by atoms with Gasteiger partial charge in [0.1, 0.15) is 28.4 Å². The molecule has 0 aliphatic rings. The van der Waals surface area contributed by atoms with Gasteiger partial charge in [0.15, 0.2) is 0 Å². The van der Waals surface area contributed by atoms with Gasteiger partial charge < -0.3 is 14.6 Å². The molecule has 0 atom stereocenters. The molecule has 0 fully saturated rings. The van der Waals surface area contributed by atoms with E-state index >= 15 is 0 Å². The number of phenolic OH excluding ortho intramolecular Hbond substituents is 2. The average Bonchev–Trinajstić information content (AvgIpc) is 2.13. The van der Waals surface area contributed by atoms with Crippen molar-refractivity contribution >= 4 is 16.6 Å². The van der Waals surface area contributed by atoms with E-state index in [0.29, 0.717) is 5.39 Å². The molecule has 5 nitrogen and oxygen atoms in total. The second kappa shape index (κ2) is 3.93. The van der Waals surface area contributed by atoms with Crippen LogP contribution in [0.15, 0.2) is 27.4 Å². The SMILES string of the molecule is CC(=O)Cc1cc2cc(O)cc(O)c2c(=O)o1. The fourth-order valence-corrected chi connectivity index (χ4v) is 1.68. The molecule has 0 unspecified atom stereocenters. The number of phenols is 2. The predicted octanol–water partition coefficient (Wildman–Crippen LogP) is 1.34. The maximum Gasteiger partial charge on any atom is 0.347 e. The van der Waals surface area contributed by atoms with E-state index in [4.69, 9.17) is 4.42 Å². The Morgan fingerprint density at radius 3 is 2.65 bits per heavy atom.